The summed E-state index contributed by atoms with van der Waals surface area (Å²) in [7, 11) is 3.17. The average Bonchev–Trinajstić information content (AvgIpc) is 2.46. The second kappa shape index (κ2) is 5.19. The van der Waals surface area contributed by atoms with Crippen molar-refractivity contribution in [2.75, 3.05) is 14.2 Å². The summed E-state index contributed by atoms with van der Waals surface area (Å²) in [6.45, 7) is 0. The van der Waals surface area contributed by atoms with E-state index in [4.69, 9.17) is 14.7 Å². The Morgan fingerprint density at radius 2 is 1.89 bits per heavy atom. The smallest absolute Gasteiger partial charge is 0.145 e. The SMILES string of the molecule is COc1ccc(C#N)cc1-c1ncccc1OC. The molecule has 0 aliphatic heterocycles. The summed E-state index contributed by atoms with van der Waals surface area (Å²) in [6, 6.07) is 10.9. The zero-order valence-corrected chi connectivity index (χ0v) is 10.2. The Morgan fingerprint density at radius 1 is 1.11 bits per heavy atom. The lowest BCUT2D eigenvalue weighted by Gasteiger charge is -2.11. The van der Waals surface area contributed by atoms with Gasteiger partial charge in [-0.15, -0.1) is 0 Å². The van der Waals surface area contributed by atoms with Gasteiger partial charge in [0.05, 0.1) is 25.9 Å². The van der Waals surface area contributed by atoms with Crippen LogP contribution in [0.15, 0.2) is 36.5 Å². The lowest BCUT2D eigenvalue weighted by Crippen LogP contribution is -1.94. The zero-order valence-electron chi connectivity index (χ0n) is 10.2. The van der Waals surface area contributed by atoms with Gasteiger partial charge in [0, 0.05) is 11.8 Å². The highest BCUT2D eigenvalue weighted by Crippen LogP contribution is 2.34. The molecule has 90 valence electrons. The molecule has 18 heavy (non-hydrogen) atoms. The van der Waals surface area contributed by atoms with Gasteiger partial charge in [-0.1, -0.05) is 0 Å². The van der Waals surface area contributed by atoms with E-state index in [-0.39, 0.29) is 0 Å². The Bertz CT molecular complexity index is 603. The van der Waals surface area contributed by atoms with Gasteiger partial charge in [-0.05, 0) is 30.3 Å². The summed E-state index contributed by atoms with van der Waals surface area (Å²) in [5.41, 5.74) is 1.96. The fourth-order valence-electron chi connectivity index (χ4n) is 1.72. The van der Waals surface area contributed by atoms with Gasteiger partial charge >= 0.3 is 0 Å². The van der Waals surface area contributed by atoms with Gasteiger partial charge in [0.1, 0.15) is 17.2 Å². The maximum Gasteiger partial charge on any atom is 0.145 e. The van der Waals surface area contributed by atoms with Gasteiger partial charge in [0.15, 0.2) is 0 Å². The van der Waals surface area contributed by atoms with Crippen LogP contribution in [0.2, 0.25) is 0 Å². The van der Waals surface area contributed by atoms with E-state index in [1.54, 1.807) is 44.7 Å². The molecule has 1 heterocycles. The molecule has 0 aliphatic rings. The van der Waals surface area contributed by atoms with Crippen LogP contribution in [0.1, 0.15) is 5.56 Å². The molecule has 0 spiro atoms. The molecule has 0 atom stereocenters. The molecule has 0 N–H and O–H groups in total. The number of methoxy groups -OCH3 is 2. The maximum absolute atomic E-state index is 8.96. The first-order valence-electron chi connectivity index (χ1n) is 5.37. The fraction of sp³-hybridized carbons (Fsp3) is 0.143. The van der Waals surface area contributed by atoms with Crippen molar-refractivity contribution in [3.8, 4) is 28.8 Å². The van der Waals surface area contributed by atoms with Crippen molar-refractivity contribution < 1.29 is 9.47 Å². The Hall–Kier alpha value is -2.54. The van der Waals surface area contributed by atoms with E-state index in [0.29, 0.717) is 22.8 Å². The Labute approximate surface area is 105 Å². The molecular weight excluding hydrogens is 228 g/mol. The molecule has 0 radical (unpaired) electrons. The Balaban J connectivity index is 2.65. The summed E-state index contributed by atoms with van der Waals surface area (Å²) >= 11 is 0. The first-order valence-corrected chi connectivity index (χ1v) is 5.37. The number of ether oxygens (including phenoxy) is 2. The summed E-state index contributed by atoms with van der Waals surface area (Å²) < 4.78 is 10.6. The number of rotatable bonds is 3. The topological polar surface area (TPSA) is 55.1 Å². The molecule has 2 rings (SSSR count). The van der Waals surface area contributed by atoms with Crippen LogP contribution < -0.4 is 9.47 Å². The molecular formula is C14H12N2O2. The lowest BCUT2D eigenvalue weighted by molar-refractivity contribution is 0.409. The molecule has 0 amide bonds. The minimum absolute atomic E-state index is 0.554. The minimum Gasteiger partial charge on any atom is -0.496 e. The third-order valence-electron chi connectivity index (χ3n) is 2.57. The maximum atomic E-state index is 8.96. The van der Waals surface area contributed by atoms with Gasteiger partial charge in [-0.3, -0.25) is 4.98 Å². The molecule has 0 saturated carbocycles. The first-order chi connectivity index (χ1) is 8.80. The van der Waals surface area contributed by atoms with Crippen molar-refractivity contribution >= 4 is 0 Å². The predicted molar refractivity (Wildman–Crippen MR) is 67.5 cm³/mol. The number of aromatic nitrogens is 1. The van der Waals surface area contributed by atoms with Crippen LogP contribution in [0, 0.1) is 11.3 Å². The normalized spacial score (nSPS) is 9.61. The molecule has 2 aromatic rings. The molecule has 0 fully saturated rings. The van der Waals surface area contributed by atoms with E-state index in [0.717, 1.165) is 5.56 Å². The monoisotopic (exact) mass is 240 g/mol. The highest BCUT2D eigenvalue weighted by Gasteiger charge is 2.12. The van der Waals surface area contributed by atoms with Gasteiger partial charge in [-0.2, -0.15) is 5.26 Å². The number of benzene rings is 1. The number of nitriles is 1. The first kappa shape index (κ1) is 11.9. The third-order valence-corrected chi connectivity index (χ3v) is 2.57. The molecule has 1 aromatic heterocycles. The number of nitrogens with zero attached hydrogens (tertiary/aromatic N) is 2. The van der Waals surface area contributed by atoms with Gasteiger partial charge in [0.25, 0.3) is 0 Å². The highest BCUT2D eigenvalue weighted by molar-refractivity contribution is 5.73. The van der Waals surface area contributed by atoms with Gasteiger partial charge in [-0.25, -0.2) is 0 Å². The van der Waals surface area contributed by atoms with Gasteiger partial charge in [0.2, 0.25) is 0 Å². The second-order valence-electron chi connectivity index (χ2n) is 3.58. The predicted octanol–water partition coefficient (Wildman–Crippen LogP) is 2.64. The third kappa shape index (κ3) is 2.11. The number of hydrogen-bond acceptors (Lipinski definition) is 4. The molecule has 1 aromatic carbocycles. The van der Waals surface area contributed by atoms with Crippen LogP contribution in [0.4, 0.5) is 0 Å². The number of hydrogen-bond donors (Lipinski definition) is 0. The van der Waals surface area contributed by atoms with Crippen LogP contribution in [-0.2, 0) is 0 Å². The molecule has 0 aliphatic carbocycles. The molecule has 0 bridgehead atoms. The second-order valence-corrected chi connectivity index (χ2v) is 3.58. The van der Waals surface area contributed by atoms with Crippen LogP contribution in [-0.4, -0.2) is 19.2 Å². The van der Waals surface area contributed by atoms with Crippen molar-refractivity contribution in [2.45, 2.75) is 0 Å². The summed E-state index contributed by atoms with van der Waals surface area (Å²) in [6.07, 6.45) is 1.68. The Kier molecular flexibility index (Phi) is 3.44. The van der Waals surface area contributed by atoms with Crippen LogP contribution in [0.5, 0.6) is 11.5 Å². The summed E-state index contributed by atoms with van der Waals surface area (Å²) in [4.78, 5) is 4.29. The largest absolute Gasteiger partial charge is 0.496 e. The van der Waals surface area contributed by atoms with Crippen LogP contribution in [0.3, 0.4) is 0 Å². The highest BCUT2D eigenvalue weighted by atomic mass is 16.5. The van der Waals surface area contributed by atoms with Crippen molar-refractivity contribution in [3.63, 3.8) is 0 Å². The van der Waals surface area contributed by atoms with Crippen LogP contribution in [0.25, 0.3) is 11.3 Å². The standard InChI is InChI=1S/C14H12N2O2/c1-17-12-6-5-10(9-15)8-11(12)14-13(18-2)4-3-7-16-14/h3-8H,1-2H3. The minimum atomic E-state index is 0.554. The van der Waals surface area contributed by atoms with Crippen molar-refractivity contribution in [2.24, 2.45) is 0 Å². The molecule has 4 nitrogen and oxygen atoms in total. The molecule has 0 unspecified atom stereocenters. The molecule has 0 saturated heterocycles. The van der Waals surface area contributed by atoms with Crippen molar-refractivity contribution in [3.05, 3.63) is 42.1 Å². The van der Waals surface area contributed by atoms with Crippen molar-refractivity contribution in [1.29, 1.82) is 5.26 Å². The van der Waals surface area contributed by atoms with E-state index in [9.17, 15) is 0 Å². The van der Waals surface area contributed by atoms with E-state index < -0.39 is 0 Å². The lowest BCUT2D eigenvalue weighted by atomic mass is 10.1. The Morgan fingerprint density at radius 3 is 2.56 bits per heavy atom. The fourth-order valence-corrected chi connectivity index (χ4v) is 1.72. The average molecular weight is 240 g/mol. The van der Waals surface area contributed by atoms with E-state index >= 15 is 0 Å². The van der Waals surface area contributed by atoms with E-state index in [1.807, 2.05) is 6.07 Å². The number of pyridine rings is 1. The van der Waals surface area contributed by atoms with Gasteiger partial charge < -0.3 is 9.47 Å². The van der Waals surface area contributed by atoms with E-state index in [2.05, 4.69) is 11.1 Å². The van der Waals surface area contributed by atoms with Crippen molar-refractivity contribution in [1.82, 2.24) is 4.98 Å². The quantitative estimate of drug-likeness (QED) is 0.827. The van der Waals surface area contributed by atoms with E-state index in [1.165, 1.54) is 0 Å². The van der Waals surface area contributed by atoms with Crippen LogP contribution >= 0.6 is 0 Å². The summed E-state index contributed by atoms with van der Waals surface area (Å²) in [5, 5.41) is 8.96. The molecule has 4 heteroatoms. The summed E-state index contributed by atoms with van der Waals surface area (Å²) in [5.74, 6) is 1.30. The zero-order chi connectivity index (χ0) is 13.0.